The van der Waals surface area contributed by atoms with Gasteiger partial charge in [0.1, 0.15) is 81.4 Å². The molecule has 0 unspecified atom stereocenters. The Morgan fingerprint density at radius 3 is 0.738 bits per heavy atom. The van der Waals surface area contributed by atoms with Crippen molar-refractivity contribution < 1.29 is 84.3 Å². The van der Waals surface area contributed by atoms with Crippen molar-refractivity contribution in [1.82, 2.24) is 0 Å². The lowest BCUT2D eigenvalue weighted by Gasteiger charge is -2.33. The fraction of sp³-hybridized carbons (Fsp3) is 0.135. The maximum atomic E-state index is 12.1. The summed E-state index contributed by atoms with van der Waals surface area (Å²) in [5, 5.41) is 123. The monoisotopic (exact) mass is 1970 g/mol. The number of carbonyl (C=O) groups is 1. The minimum absolute atomic E-state index is 0.00894. The van der Waals surface area contributed by atoms with E-state index in [2.05, 4.69) is 166 Å². The number of phenolic OH excluding ortho intramolecular Hbond substituents is 13. The molecule has 145 heavy (non-hydrogen) atoms. The van der Waals surface area contributed by atoms with Gasteiger partial charge in [-0.2, -0.15) is 0 Å². The molecule has 0 saturated carbocycles. The lowest BCUT2D eigenvalue weighted by Crippen LogP contribution is -2.28. The average molecular weight is 1970 g/mol. The van der Waals surface area contributed by atoms with Gasteiger partial charge in [-0.3, -0.25) is 0 Å². The fourth-order valence-corrected chi connectivity index (χ4v) is 19.2. The number of hydrogen-bond acceptors (Lipinski definition) is 18. The molecule has 13 N–H and O–H groups in total. The number of hydrogen-bond donors (Lipinski definition) is 13. The number of sulfone groups is 1. The third kappa shape index (κ3) is 26.1. The highest BCUT2D eigenvalue weighted by Crippen LogP contribution is 2.57. The summed E-state index contributed by atoms with van der Waals surface area (Å²) in [6.07, 6.45) is 0. The molecule has 1 aliphatic carbocycles. The summed E-state index contributed by atoms with van der Waals surface area (Å²) in [6.45, 7) is 22.0. The van der Waals surface area contributed by atoms with Crippen LogP contribution in [0, 0.1) is 0 Å². The Morgan fingerprint density at radius 1 is 0.248 bits per heavy atom. The molecule has 0 amide bonds. The Labute approximate surface area is 851 Å². The van der Waals surface area contributed by atoms with E-state index < -0.39 is 26.6 Å². The number of ether oxygens (including phenoxy) is 1. The van der Waals surface area contributed by atoms with E-state index in [9.17, 15) is 49.0 Å². The lowest BCUT2D eigenvalue weighted by atomic mass is 9.68. The van der Waals surface area contributed by atoms with Crippen molar-refractivity contribution >= 4 is 27.6 Å². The zero-order valence-electron chi connectivity index (χ0n) is 82.1. The molecule has 18 aromatic rings. The first-order chi connectivity index (χ1) is 69.1. The molecule has 19 rings (SSSR count). The van der Waals surface area contributed by atoms with Gasteiger partial charge in [-0.1, -0.05) is 299 Å². The van der Waals surface area contributed by atoms with Crippen molar-refractivity contribution in [3.05, 3.63) is 532 Å². The van der Waals surface area contributed by atoms with Crippen molar-refractivity contribution in [2.45, 2.75) is 128 Å². The summed E-state index contributed by atoms with van der Waals surface area (Å²) in [6, 6.07) is 133. The third-order valence-electron chi connectivity index (χ3n) is 26.0. The van der Waals surface area contributed by atoms with Gasteiger partial charge in [0.05, 0.1) is 20.8 Å². The van der Waals surface area contributed by atoms with Gasteiger partial charge in [0.25, 0.3) is 0 Å². The molecule has 19 heteroatoms. The average Bonchev–Trinajstić information content (AvgIpc) is 1.54. The third-order valence-corrected chi connectivity index (χ3v) is 28.8. The highest BCUT2D eigenvalue weighted by atomic mass is 32.2. The fourth-order valence-electron chi connectivity index (χ4n) is 17.1. The minimum atomic E-state index is -3.59. The van der Waals surface area contributed by atoms with Crippen molar-refractivity contribution in [2.75, 3.05) is 0 Å². The van der Waals surface area contributed by atoms with Gasteiger partial charge >= 0.3 is 5.97 Å². The second-order valence-electron chi connectivity index (χ2n) is 37.8. The van der Waals surface area contributed by atoms with Crippen molar-refractivity contribution in [1.29, 1.82) is 0 Å². The van der Waals surface area contributed by atoms with Gasteiger partial charge in [-0.15, -0.1) is 0 Å². The number of phenols is 13. The number of benzene rings is 18. The summed E-state index contributed by atoms with van der Waals surface area (Å²) in [5.41, 5.74) is 18.7. The van der Waals surface area contributed by atoms with E-state index in [0.717, 1.165) is 48.7 Å². The van der Waals surface area contributed by atoms with Crippen LogP contribution in [-0.2, 0) is 53.7 Å². The molecule has 0 bridgehead atoms. The molecule has 736 valence electrons. The van der Waals surface area contributed by atoms with Crippen molar-refractivity contribution in [3.63, 3.8) is 0 Å². The highest BCUT2D eigenvalue weighted by Gasteiger charge is 2.46. The zero-order chi connectivity index (χ0) is 104. The van der Waals surface area contributed by atoms with E-state index in [-0.39, 0.29) is 107 Å². The van der Waals surface area contributed by atoms with Crippen LogP contribution >= 0.6 is 11.8 Å². The maximum Gasteiger partial charge on any atom is 0.338 e. The molecule has 0 fully saturated rings. The molecule has 0 heterocycles. The Morgan fingerprint density at radius 2 is 0.462 bits per heavy atom. The number of esters is 1. The largest absolute Gasteiger partial charge is 0.508 e. The van der Waals surface area contributed by atoms with E-state index in [1.165, 1.54) is 128 Å². The van der Waals surface area contributed by atoms with Gasteiger partial charge in [-0.05, 0) is 325 Å². The highest BCUT2D eigenvalue weighted by molar-refractivity contribution is 7.99. The molecule has 18 aromatic carbocycles. The first-order valence-electron chi connectivity index (χ1n) is 47.0. The molecule has 0 radical (unpaired) electrons. The van der Waals surface area contributed by atoms with Crippen LogP contribution in [0.15, 0.2) is 462 Å². The molecule has 0 aliphatic heterocycles. The predicted molar refractivity (Wildman–Crippen MR) is 575 cm³/mol. The second kappa shape index (κ2) is 46.2. The maximum absolute atomic E-state index is 12.1. The van der Waals surface area contributed by atoms with Gasteiger partial charge in [0, 0.05) is 31.5 Å². The van der Waals surface area contributed by atoms with E-state index in [4.69, 9.17) is 35.4 Å². The summed E-state index contributed by atoms with van der Waals surface area (Å²) in [5.74, 6) is 2.42. The molecular weight excluding hydrogens is 1850 g/mol. The molecule has 0 spiro atoms. The molecular formula is C126H118O17S2. The standard InChI is InChI=1S/C29H28O3.C25H18O2.C24H26O2.C14H12O3.C12H10O4S.C12H10O2S.C10H14O/c1-28(2,21-8-14-25(30)15-9-21)20-4-6-22(7-5-20)29(3,23-10-16-26(31)17-11-23)24-12-18-27(32)19-13-24;26-19-13-9-17(10-14-19)25(18-11-15-20(27)16-12-18)23-7-3-1-5-21(23)22-6-2-4-8-24(22)25;1-23(2,19-9-13-21(25)14-10-19)17-5-7-18(8-6-17)24(3,4)20-11-15-22(26)16-12-20;15-13-8-6-12(7-9-13)14(16)17-10-11-4-2-1-3-5-11;13-9-1-5-11(6-2-9)17(15,16)12-7-3-10(14)4-8-12;13-9-1-5-11(6-2-9)15-12-7-3-10(14)4-8-12;1-10(2,3)8-4-6-9(11)7-5-8/h4-19,30-32H,1-3H3;1-16,26-27H;5-16,25-26H,1-4H3;1-9,15H,10H2;1-8,13-14H;1-8,13-14H;4-7,11H,1-3H3. The topological polar surface area (TPSA) is 323 Å². The van der Waals surface area contributed by atoms with E-state index >= 15 is 0 Å². The van der Waals surface area contributed by atoms with Crippen LogP contribution in [0.3, 0.4) is 0 Å². The van der Waals surface area contributed by atoms with Gasteiger partial charge in [-0.25, -0.2) is 13.2 Å². The van der Waals surface area contributed by atoms with Gasteiger partial charge < -0.3 is 71.1 Å². The number of carbonyl (C=O) groups excluding carboxylic acids is 1. The molecule has 1 aliphatic rings. The molecule has 0 saturated heterocycles. The van der Waals surface area contributed by atoms with Crippen LogP contribution in [0.4, 0.5) is 0 Å². The SMILES string of the molecule is CC(C)(C)c1ccc(O)cc1.CC(C)(c1ccc(O)cc1)c1ccc(C(C)(C)c2ccc(O)cc2)cc1.CC(C)(c1ccc(O)cc1)c1ccc(C(C)(c2ccc(O)cc2)c2ccc(O)cc2)cc1.O=C(OCc1ccccc1)c1ccc(O)cc1.O=S(=O)(c1ccc(O)cc1)c1ccc(O)cc1.Oc1ccc(C2(c3ccc(O)cc3)c3ccccc3-c3ccccc32)cc1.Oc1ccc(Sc2ccc(O)cc2)cc1. The Hall–Kier alpha value is -16.9. The number of rotatable bonds is 18. The first-order valence-corrected chi connectivity index (χ1v) is 49.3. The number of fused-ring (bicyclic) bond motifs is 3. The summed E-state index contributed by atoms with van der Waals surface area (Å²) < 4.78 is 29.3. The molecule has 0 atom stereocenters. The molecule has 17 nitrogen and oxygen atoms in total. The predicted octanol–water partition coefficient (Wildman–Crippen LogP) is 28.3. The van der Waals surface area contributed by atoms with Crippen LogP contribution in [0.2, 0.25) is 0 Å². The Bertz CT molecular complexity index is 7070. The Kier molecular flexibility index (Phi) is 33.6. The van der Waals surface area contributed by atoms with Crippen LogP contribution in [-0.4, -0.2) is 80.8 Å². The van der Waals surface area contributed by atoms with Crippen LogP contribution in [0.5, 0.6) is 74.7 Å². The van der Waals surface area contributed by atoms with E-state index in [0.29, 0.717) is 11.3 Å². The summed E-state index contributed by atoms with van der Waals surface area (Å²) in [4.78, 5) is 13.9. The second-order valence-corrected chi connectivity index (χ2v) is 40.9. The van der Waals surface area contributed by atoms with Crippen LogP contribution in [0.25, 0.3) is 11.1 Å². The summed E-state index contributed by atoms with van der Waals surface area (Å²) >= 11 is 1.58. The van der Waals surface area contributed by atoms with Gasteiger partial charge in [0.2, 0.25) is 9.84 Å². The number of aromatic hydroxyl groups is 13. The Balaban J connectivity index is 0.000000145. The van der Waals surface area contributed by atoms with Crippen LogP contribution in [0.1, 0.15) is 163 Å². The minimum Gasteiger partial charge on any atom is -0.508 e. The first kappa shape index (κ1) is 105. The smallest absolute Gasteiger partial charge is 0.338 e. The van der Waals surface area contributed by atoms with Gasteiger partial charge in [0.15, 0.2) is 0 Å². The normalized spacial score (nSPS) is 11.8. The van der Waals surface area contributed by atoms with Crippen molar-refractivity contribution in [3.8, 4) is 85.9 Å². The van der Waals surface area contributed by atoms with E-state index in [1.54, 1.807) is 133 Å². The van der Waals surface area contributed by atoms with Crippen LogP contribution < -0.4 is 0 Å². The van der Waals surface area contributed by atoms with E-state index in [1.807, 2.05) is 152 Å². The lowest BCUT2D eigenvalue weighted by molar-refractivity contribution is 0.0472. The zero-order valence-corrected chi connectivity index (χ0v) is 83.7. The molecule has 0 aromatic heterocycles. The van der Waals surface area contributed by atoms with Crippen molar-refractivity contribution in [2.24, 2.45) is 0 Å². The quantitative estimate of drug-likeness (QED) is 0.0280. The summed E-state index contributed by atoms with van der Waals surface area (Å²) in [7, 11) is -3.59.